The van der Waals surface area contributed by atoms with Gasteiger partial charge in [-0.15, -0.1) is 12.6 Å². The van der Waals surface area contributed by atoms with Crippen LogP contribution < -0.4 is 0 Å². The Morgan fingerprint density at radius 2 is 2.25 bits per heavy atom. The van der Waals surface area contributed by atoms with E-state index in [1.54, 1.807) is 4.90 Å². The van der Waals surface area contributed by atoms with Crippen molar-refractivity contribution in [2.45, 2.75) is 26.3 Å². The molecular formula is C8H13NO2S. The molecule has 1 atom stereocenters. The van der Waals surface area contributed by atoms with Gasteiger partial charge in [-0.1, -0.05) is 0 Å². The van der Waals surface area contributed by atoms with Crippen LogP contribution in [0.2, 0.25) is 0 Å². The van der Waals surface area contributed by atoms with Crippen LogP contribution in [0.3, 0.4) is 0 Å². The van der Waals surface area contributed by atoms with Crippen molar-refractivity contribution in [3.05, 3.63) is 0 Å². The van der Waals surface area contributed by atoms with Crippen LogP contribution in [-0.2, 0) is 9.59 Å². The average Bonchev–Trinajstić information content (AvgIpc) is 2.30. The van der Waals surface area contributed by atoms with Crippen LogP contribution in [0.25, 0.3) is 0 Å². The largest absolute Gasteiger partial charge is 0.339 e. The fourth-order valence-electron chi connectivity index (χ4n) is 1.40. The molecule has 0 spiro atoms. The Bertz CT molecular complexity index is 215. The van der Waals surface area contributed by atoms with Crippen molar-refractivity contribution in [1.82, 2.24) is 4.90 Å². The molecular weight excluding hydrogens is 174 g/mol. The van der Waals surface area contributed by atoms with Gasteiger partial charge < -0.3 is 4.90 Å². The summed E-state index contributed by atoms with van der Waals surface area (Å²) < 4.78 is 0. The summed E-state index contributed by atoms with van der Waals surface area (Å²) in [5.41, 5.74) is 0. The number of nitrogens with zero attached hydrogens (tertiary/aromatic N) is 1. The molecule has 0 aromatic rings. The Morgan fingerprint density at radius 1 is 1.67 bits per heavy atom. The van der Waals surface area contributed by atoms with Crippen LogP contribution >= 0.6 is 12.6 Å². The summed E-state index contributed by atoms with van der Waals surface area (Å²) >= 11 is 3.73. The fourth-order valence-corrected chi connectivity index (χ4v) is 1.57. The first kappa shape index (κ1) is 9.58. The molecule has 0 aromatic heterocycles. The zero-order chi connectivity index (χ0) is 9.30. The molecule has 1 rings (SSSR count). The summed E-state index contributed by atoms with van der Waals surface area (Å²) in [6, 6.07) is 0.190. The van der Waals surface area contributed by atoms with Crippen LogP contribution in [0.5, 0.6) is 0 Å². The maximum atomic E-state index is 11.3. The molecule has 3 nitrogen and oxygen atoms in total. The Kier molecular flexibility index (Phi) is 2.77. The number of hydrogen-bond donors (Lipinski definition) is 1. The van der Waals surface area contributed by atoms with Gasteiger partial charge >= 0.3 is 0 Å². The highest BCUT2D eigenvalue weighted by Gasteiger charge is 2.33. The summed E-state index contributed by atoms with van der Waals surface area (Å²) in [6.45, 7) is 4.44. The summed E-state index contributed by atoms with van der Waals surface area (Å²) in [6.07, 6.45) is 0.334. The van der Waals surface area contributed by atoms with E-state index < -0.39 is 0 Å². The molecule has 1 amide bonds. The number of thiol groups is 1. The van der Waals surface area contributed by atoms with Gasteiger partial charge in [0.15, 0.2) is 5.12 Å². The van der Waals surface area contributed by atoms with Crippen molar-refractivity contribution in [3.63, 3.8) is 0 Å². The van der Waals surface area contributed by atoms with Gasteiger partial charge in [0.25, 0.3) is 0 Å². The molecule has 1 fully saturated rings. The Hall–Kier alpha value is -0.510. The SMILES string of the molecule is CC(C)N1CC(C(=O)S)CC1=O. The van der Waals surface area contributed by atoms with E-state index >= 15 is 0 Å². The molecule has 1 heterocycles. The molecule has 1 unspecified atom stereocenters. The van der Waals surface area contributed by atoms with Crippen molar-refractivity contribution in [2.24, 2.45) is 5.92 Å². The first-order valence-corrected chi connectivity index (χ1v) is 4.49. The molecule has 68 valence electrons. The second-order valence-electron chi connectivity index (χ2n) is 3.38. The second kappa shape index (κ2) is 3.47. The number of likely N-dealkylation sites (tertiary alicyclic amines) is 1. The lowest BCUT2D eigenvalue weighted by Gasteiger charge is -2.20. The highest BCUT2D eigenvalue weighted by Crippen LogP contribution is 2.21. The van der Waals surface area contributed by atoms with Gasteiger partial charge in [0.1, 0.15) is 0 Å². The molecule has 0 aliphatic carbocycles. The van der Waals surface area contributed by atoms with E-state index in [1.165, 1.54) is 0 Å². The van der Waals surface area contributed by atoms with Gasteiger partial charge in [0.05, 0.1) is 5.92 Å². The number of carbonyl (C=O) groups excluding carboxylic acids is 2. The van der Waals surface area contributed by atoms with E-state index in [-0.39, 0.29) is 23.0 Å². The standard InChI is InChI=1S/C8H13NO2S/c1-5(2)9-4-6(8(11)12)3-7(9)10/h5-6H,3-4H2,1-2H3,(H,11,12). The van der Waals surface area contributed by atoms with Crippen LogP contribution in [0, 0.1) is 5.92 Å². The maximum Gasteiger partial charge on any atom is 0.223 e. The summed E-state index contributed by atoms with van der Waals surface area (Å²) in [5, 5.41) is -0.175. The van der Waals surface area contributed by atoms with E-state index in [2.05, 4.69) is 12.6 Å². The quantitative estimate of drug-likeness (QED) is 0.646. The molecule has 4 heteroatoms. The van der Waals surface area contributed by atoms with Crippen molar-refractivity contribution in [3.8, 4) is 0 Å². The third-order valence-corrected chi connectivity index (χ3v) is 2.50. The van der Waals surface area contributed by atoms with E-state index in [4.69, 9.17) is 0 Å². The molecule has 0 aromatic carbocycles. The third-order valence-electron chi connectivity index (χ3n) is 2.13. The minimum Gasteiger partial charge on any atom is -0.339 e. The van der Waals surface area contributed by atoms with Crippen LogP contribution in [0.4, 0.5) is 0 Å². The Labute approximate surface area is 77.5 Å². The molecule has 0 N–H and O–H groups in total. The average molecular weight is 187 g/mol. The lowest BCUT2D eigenvalue weighted by Crippen LogP contribution is -2.32. The molecule has 0 radical (unpaired) electrons. The lowest BCUT2D eigenvalue weighted by atomic mass is 10.1. The van der Waals surface area contributed by atoms with Gasteiger partial charge in [-0.25, -0.2) is 0 Å². The van der Waals surface area contributed by atoms with Crippen LogP contribution in [-0.4, -0.2) is 28.5 Å². The van der Waals surface area contributed by atoms with Gasteiger partial charge in [0, 0.05) is 19.0 Å². The molecule has 1 aliphatic heterocycles. The van der Waals surface area contributed by atoms with E-state index in [1.807, 2.05) is 13.8 Å². The van der Waals surface area contributed by atoms with Crippen molar-refractivity contribution in [2.75, 3.05) is 6.54 Å². The van der Waals surface area contributed by atoms with Gasteiger partial charge in [-0.3, -0.25) is 9.59 Å². The van der Waals surface area contributed by atoms with Crippen molar-refractivity contribution >= 4 is 23.7 Å². The number of rotatable bonds is 2. The minimum atomic E-state index is -0.191. The second-order valence-corrected chi connectivity index (χ2v) is 3.82. The van der Waals surface area contributed by atoms with Crippen LogP contribution in [0.1, 0.15) is 20.3 Å². The van der Waals surface area contributed by atoms with Crippen molar-refractivity contribution in [1.29, 1.82) is 0 Å². The van der Waals surface area contributed by atoms with Gasteiger partial charge in [-0.05, 0) is 13.8 Å². The number of hydrogen-bond acceptors (Lipinski definition) is 2. The molecule has 1 aliphatic rings. The summed E-state index contributed by atoms with van der Waals surface area (Å²) in [5.74, 6) is -0.124. The first-order chi connectivity index (χ1) is 5.52. The maximum absolute atomic E-state index is 11.3. The smallest absolute Gasteiger partial charge is 0.223 e. The van der Waals surface area contributed by atoms with E-state index in [0.717, 1.165) is 0 Å². The number of amides is 1. The predicted molar refractivity (Wildman–Crippen MR) is 48.9 cm³/mol. The van der Waals surface area contributed by atoms with Crippen LogP contribution in [0.15, 0.2) is 0 Å². The minimum absolute atomic E-state index is 0.0670. The topological polar surface area (TPSA) is 37.4 Å². The monoisotopic (exact) mass is 187 g/mol. The Balaban J connectivity index is 2.62. The fraction of sp³-hybridized carbons (Fsp3) is 0.750. The van der Waals surface area contributed by atoms with E-state index in [0.29, 0.717) is 13.0 Å². The lowest BCUT2D eigenvalue weighted by molar-refractivity contribution is -0.129. The zero-order valence-electron chi connectivity index (χ0n) is 7.28. The highest BCUT2D eigenvalue weighted by atomic mass is 32.1. The first-order valence-electron chi connectivity index (χ1n) is 4.04. The normalized spacial score (nSPS) is 23.8. The number of carbonyl (C=O) groups is 2. The van der Waals surface area contributed by atoms with E-state index in [9.17, 15) is 9.59 Å². The van der Waals surface area contributed by atoms with Gasteiger partial charge in [-0.2, -0.15) is 0 Å². The molecule has 0 saturated carbocycles. The van der Waals surface area contributed by atoms with Gasteiger partial charge in [0.2, 0.25) is 5.91 Å². The molecule has 0 bridgehead atoms. The highest BCUT2D eigenvalue weighted by molar-refractivity contribution is 7.96. The summed E-state index contributed by atoms with van der Waals surface area (Å²) in [7, 11) is 0. The molecule has 12 heavy (non-hydrogen) atoms. The molecule has 1 saturated heterocycles. The zero-order valence-corrected chi connectivity index (χ0v) is 8.17. The predicted octanol–water partition coefficient (Wildman–Crippen LogP) is 0.700. The van der Waals surface area contributed by atoms with Crippen molar-refractivity contribution < 1.29 is 9.59 Å². The third kappa shape index (κ3) is 1.80. The summed E-state index contributed by atoms with van der Waals surface area (Å²) in [4.78, 5) is 23.8. The Morgan fingerprint density at radius 3 is 2.50 bits per heavy atom.